The highest BCUT2D eigenvalue weighted by Gasteiger charge is 2.33. The summed E-state index contributed by atoms with van der Waals surface area (Å²) >= 11 is 0. The van der Waals surface area contributed by atoms with Crippen LogP contribution >= 0.6 is 0 Å². The highest BCUT2D eigenvalue weighted by molar-refractivity contribution is 5.95. The monoisotopic (exact) mass is 371 g/mol. The molecule has 2 unspecified atom stereocenters. The third-order valence-electron chi connectivity index (χ3n) is 5.85. The Bertz CT molecular complexity index is 666. The second kappa shape index (κ2) is 8.87. The second-order valence-corrected chi connectivity index (χ2v) is 8.32. The predicted molar refractivity (Wildman–Crippen MR) is 108 cm³/mol. The number of hydrogen-bond donors (Lipinski definition) is 1. The van der Waals surface area contributed by atoms with Crippen LogP contribution in [0.1, 0.15) is 47.2 Å². The molecule has 2 saturated heterocycles. The minimum absolute atomic E-state index is 0.0538. The van der Waals surface area contributed by atoms with E-state index in [4.69, 9.17) is 0 Å². The molecule has 3 rings (SSSR count). The number of aryl methyl sites for hydroxylation is 2. The fourth-order valence-corrected chi connectivity index (χ4v) is 4.62. The molecule has 1 N–H and O–H groups in total. The van der Waals surface area contributed by atoms with Crippen molar-refractivity contribution in [2.45, 2.75) is 39.5 Å². The van der Waals surface area contributed by atoms with Crippen LogP contribution < -0.4 is 5.32 Å². The normalized spacial score (nSPS) is 23.4. The van der Waals surface area contributed by atoms with Crippen molar-refractivity contribution < 1.29 is 9.59 Å². The van der Waals surface area contributed by atoms with E-state index in [1.165, 1.54) is 6.42 Å². The molecule has 148 valence electrons. The maximum Gasteiger partial charge on any atom is 0.253 e. The molecule has 5 heteroatoms. The number of carbonyl (C=O) groups excluding carboxylic acids is 2. The quantitative estimate of drug-likeness (QED) is 0.885. The number of hydrogen-bond acceptors (Lipinski definition) is 3. The first-order valence-electron chi connectivity index (χ1n) is 10.3. The molecule has 2 aliphatic rings. The molecule has 0 spiro atoms. The standard InChI is InChI=1S/C22H33N3O2/c1-16-10-17(2)12-20(11-16)22(27)25-9-5-7-19(15-25)21(26)24-8-4-6-18(14-24)13-23-3/h10-12,18-19,23H,4-9,13-15H2,1-3H3. The molecule has 0 aliphatic carbocycles. The topological polar surface area (TPSA) is 52.7 Å². The Kier molecular flexibility index (Phi) is 6.53. The van der Waals surface area contributed by atoms with E-state index in [0.717, 1.165) is 62.1 Å². The Hall–Kier alpha value is -1.88. The summed E-state index contributed by atoms with van der Waals surface area (Å²) in [6.45, 7) is 8.01. The van der Waals surface area contributed by atoms with E-state index in [-0.39, 0.29) is 17.7 Å². The van der Waals surface area contributed by atoms with Crippen LogP contribution in [0.4, 0.5) is 0 Å². The fraction of sp³-hybridized carbons (Fsp3) is 0.636. The van der Waals surface area contributed by atoms with Crippen LogP contribution in [0, 0.1) is 25.7 Å². The molecule has 2 atom stereocenters. The van der Waals surface area contributed by atoms with Gasteiger partial charge in [0.25, 0.3) is 5.91 Å². The molecule has 1 aromatic carbocycles. The molecule has 0 saturated carbocycles. The van der Waals surface area contributed by atoms with Crippen molar-refractivity contribution in [3.63, 3.8) is 0 Å². The molecule has 1 aromatic rings. The van der Waals surface area contributed by atoms with Gasteiger partial charge in [-0.2, -0.15) is 0 Å². The van der Waals surface area contributed by atoms with Gasteiger partial charge in [-0.25, -0.2) is 0 Å². The summed E-state index contributed by atoms with van der Waals surface area (Å²) in [5.74, 6) is 0.797. The maximum atomic E-state index is 13.1. The fourth-order valence-electron chi connectivity index (χ4n) is 4.62. The summed E-state index contributed by atoms with van der Waals surface area (Å²) in [5, 5.41) is 3.23. The van der Waals surface area contributed by atoms with Gasteiger partial charge in [-0.15, -0.1) is 0 Å². The molecular weight excluding hydrogens is 338 g/mol. The summed E-state index contributed by atoms with van der Waals surface area (Å²) in [5.41, 5.74) is 2.95. The van der Waals surface area contributed by atoms with Crippen LogP contribution in [0.15, 0.2) is 18.2 Å². The van der Waals surface area contributed by atoms with Gasteiger partial charge in [0, 0.05) is 31.7 Å². The minimum atomic E-state index is -0.0538. The van der Waals surface area contributed by atoms with Gasteiger partial charge in [-0.3, -0.25) is 9.59 Å². The molecule has 2 heterocycles. The zero-order valence-electron chi connectivity index (χ0n) is 17.0. The van der Waals surface area contributed by atoms with E-state index in [2.05, 4.69) is 11.4 Å². The third-order valence-corrected chi connectivity index (χ3v) is 5.85. The van der Waals surface area contributed by atoms with Crippen molar-refractivity contribution in [2.75, 3.05) is 39.8 Å². The number of likely N-dealkylation sites (tertiary alicyclic amines) is 2. The van der Waals surface area contributed by atoms with Crippen molar-refractivity contribution in [3.8, 4) is 0 Å². The van der Waals surface area contributed by atoms with Crippen LogP contribution in [0.2, 0.25) is 0 Å². The molecule has 27 heavy (non-hydrogen) atoms. The molecule has 0 radical (unpaired) electrons. The first-order valence-corrected chi connectivity index (χ1v) is 10.3. The smallest absolute Gasteiger partial charge is 0.253 e. The summed E-state index contributed by atoms with van der Waals surface area (Å²) < 4.78 is 0. The Labute approximate surface area is 163 Å². The highest BCUT2D eigenvalue weighted by atomic mass is 16.2. The summed E-state index contributed by atoms with van der Waals surface area (Å²) in [6, 6.07) is 5.98. The Morgan fingerprint density at radius 3 is 2.37 bits per heavy atom. The Morgan fingerprint density at radius 1 is 1.00 bits per heavy atom. The van der Waals surface area contributed by atoms with Gasteiger partial charge in [0.15, 0.2) is 0 Å². The van der Waals surface area contributed by atoms with E-state index in [9.17, 15) is 9.59 Å². The van der Waals surface area contributed by atoms with Gasteiger partial charge in [0.2, 0.25) is 5.91 Å². The van der Waals surface area contributed by atoms with Crippen LogP contribution in [0.25, 0.3) is 0 Å². The van der Waals surface area contributed by atoms with E-state index in [0.29, 0.717) is 12.5 Å². The lowest BCUT2D eigenvalue weighted by atomic mass is 9.92. The first kappa shape index (κ1) is 19.9. The van der Waals surface area contributed by atoms with Crippen LogP contribution in [0.5, 0.6) is 0 Å². The van der Waals surface area contributed by atoms with Gasteiger partial charge >= 0.3 is 0 Å². The third kappa shape index (κ3) is 4.89. The molecule has 0 bridgehead atoms. The van der Waals surface area contributed by atoms with Crippen LogP contribution in [0.3, 0.4) is 0 Å². The van der Waals surface area contributed by atoms with E-state index in [1.807, 2.05) is 42.8 Å². The van der Waals surface area contributed by atoms with Gasteiger partial charge in [-0.05, 0) is 71.2 Å². The number of nitrogens with one attached hydrogen (secondary N) is 1. The number of piperidine rings is 2. The molecule has 2 aliphatic heterocycles. The van der Waals surface area contributed by atoms with Gasteiger partial charge in [-0.1, -0.05) is 17.2 Å². The Balaban J connectivity index is 1.64. The molecule has 2 amide bonds. The predicted octanol–water partition coefficient (Wildman–Crippen LogP) is 2.61. The summed E-state index contributed by atoms with van der Waals surface area (Å²) in [7, 11) is 1.97. The molecular formula is C22H33N3O2. The van der Waals surface area contributed by atoms with Gasteiger partial charge in [0.05, 0.1) is 5.92 Å². The number of benzene rings is 1. The number of amides is 2. The lowest BCUT2D eigenvalue weighted by molar-refractivity contribution is -0.138. The van der Waals surface area contributed by atoms with E-state index >= 15 is 0 Å². The number of rotatable bonds is 4. The lowest BCUT2D eigenvalue weighted by Crippen LogP contribution is -2.50. The van der Waals surface area contributed by atoms with Crippen molar-refractivity contribution in [1.29, 1.82) is 0 Å². The van der Waals surface area contributed by atoms with Gasteiger partial charge in [0.1, 0.15) is 0 Å². The van der Waals surface area contributed by atoms with Gasteiger partial charge < -0.3 is 15.1 Å². The van der Waals surface area contributed by atoms with Crippen molar-refractivity contribution in [1.82, 2.24) is 15.1 Å². The second-order valence-electron chi connectivity index (χ2n) is 8.32. The lowest BCUT2D eigenvalue weighted by Gasteiger charge is -2.38. The average Bonchev–Trinajstić information content (AvgIpc) is 2.66. The highest BCUT2D eigenvalue weighted by Crippen LogP contribution is 2.24. The minimum Gasteiger partial charge on any atom is -0.342 e. The average molecular weight is 372 g/mol. The zero-order chi connectivity index (χ0) is 19.4. The number of carbonyl (C=O) groups is 2. The first-order chi connectivity index (χ1) is 13.0. The zero-order valence-corrected chi connectivity index (χ0v) is 17.0. The van der Waals surface area contributed by atoms with Crippen molar-refractivity contribution in [3.05, 3.63) is 34.9 Å². The maximum absolute atomic E-state index is 13.1. The van der Waals surface area contributed by atoms with Crippen LogP contribution in [-0.2, 0) is 4.79 Å². The van der Waals surface area contributed by atoms with Crippen LogP contribution in [-0.4, -0.2) is 61.4 Å². The summed E-state index contributed by atoms with van der Waals surface area (Å²) in [4.78, 5) is 30.0. The Morgan fingerprint density at radius 2 is 1.67 bits per heavy atom. The summed E-state index contributed by atoms with van der Waals surface area (Å²) in [6.07, 6.45) is 4.06. The molecule has 0 aromatic heterocycles. The van der Waals surface area contributed by atoms with E-state index < -0.39 is 0 Å². The van der Waals surface area contributed by atoms with Crippen molar-refractivity contribution >= 4 is 11.8 Å². The largest absolute Gasteiger partial charge is 0.342 e. The van der Waals surface area contributed by atoms with E-state index in [1.54, 1.807) is 0 Å². The number of nitrogens with zero attached hydrogens (tertiary/aromatic N) is 2. The molecule has 5 nitrogen and oxygen atoms in total. The van der Waals surface area contributed by atoms with Crippen molar-refractivity contribution in [2.24, 2.45) is 11.8 Å². The molecule has 2 fully saturated rings. The SMILES string of the molecule is CNCC1CCCN(C(=O)C2CCCN(C(=O)c3cc(C)cc(C)c3)C2)C1.